The Kier molecular flexibility index (Phi) is 5.56. The first kappa shape index (κ1) is 15.7. The second kappa shape index (κ2) is 6.72. The quantitative estimate of drug-likeness (QED) is 0.401. The van der Waals surface area contributed by atoms with Crippen LogP contribution < -0.4 is 0 Å². The van der Waals surface area contributed by atoms with Gasteiger partial charge in [0.25, 0.3) is 0 Å². The molecule has 1 aromatic heterocycles. The lowest BCUT2D eigenvalue weighted by Gasteiger charge is -2.09. The molecular weight excluding hydrogens is 284 g/mol. The molecule has 0 unspecified atom stereocenters. The third kappa shape index (κ3) is 5.89. The zero-order valence-corrected chi connectivity index (χ0v) is 12.8. The summed E-state index contributed by atoms with van der Waals surface area (Å²) in [6, 6.07) is 0. The van der Waals surface area contributed by atoms with E-state index in [9.17, 15) is 9.90 Å². The normalized spacial score (nSPS) is 12.4. The molecule has 0 fully saturated rings. The highest BCUT2D eigenvalue weighted by Gasteiger charge is 2.10. The highest BCUT2D eigenvalue weighted by molar-refractivity contribution is 8.03. The minimum absolute atomic E-state index is 0.0491. The van der Waals surface area contributed by atoms with Gasteiger partial charge in [-0.25, -0.2) is 4.79 Å². The molecule has 0 aromatic carbocycles. The summed E-state index contributed by atoms with van der Waals surface area (Å²) in [5, 5.41) is 11.2. The van der Waals surface area contributed by atoms with E-state index in [1.165, 1.54) is 36.3 Å². The van der Waals surface area contributed by atoms with Gasteiger partial charge in [-0.3, -0.25) is 4.99 Å². The smallest absolute Gasteiger partial charge is 0.330 e. The molecule has 1 rings (SSSR count). The summed E-state index contributed by atoms with van der Waals surface area (Å²) < 4.78 is 5.10. The number of carbonyl (C=O) groups is 1. The van der Waals surface area contributed by atoms with Crippen LogP contribution in [0.1, 0.15) is 25.6 Å². The number of methoxy groups -OCH3 is 1. The first-order chi connectivity index (χ1) is 8.81. The van der Waals surface area contributed by atoms with Crippen LogP contribution >= 0.6 is 23.1 Å². The fraction of sp³-hybridized carbons (Fsp3) is 0.417. The summed E-state index contributed by atoms with van der Waals surface area (Å²) in [5.41, 5.74) is -0.200. The van der Waals surface area contributed by atoms with Gasteiger partial charge in [0, 0.05) is 12.3 Å². The predicted octanol–water partition coefficient (Wildman–Crippen LogP) is 2.84. The van der Waals surface area contributed by atoms with Crippen LogP contribution in [-0.4, -0.2) is 34.9 Å². The highest BCUT2D eigenvalue weighted by atomic mass is 32.2. The summed E-state index contributed by atoms with van der Waals surface area (Å²) in [5.74, 6) is -0.477. The first-order valence-corrected chi connectivity index (χ1v) is 7.17. The van der Waals surface area contributed by atoms with E-state index in [1.807, 2.05) is 20.8 Å². The number of rotatable bonds is 4. The van der Waals surface area contributed by atoms with E-state index in [-0.39, 0.29) is 11.4 Å². The summed E-state index contributed by atoms with van der Waals surface area (Å²) in [6.45, 7) is 5.91. The average Bonchev–Trinajstić information content (AvgIpc) is 2.66. The van der Waals surface area contributed by atoms with Crippen LogP contribution in [0.2, 0.25) is 0 Å². The number of hydrogen-bond acceptors (Lipinski definition) is 7. The molecule has 0 saturated carbocycles. The van der Waals surface area contributed by atoms with E-state index in [0.717, 1.165) is 0 Å². The van der Waals surface area contributed by atoms with Gasteiger partial charge < -0.3 is 9.84 Å². The van der Waals surface area contributed by atoms with Crippen molar-refractivity contribution in [1.82, 2.24) is 4.98 Å². The van der Waals surface area contributed by atoms with Gasteiger partial charge in [0.05, 0.1) is 12.6 Å². The summed E-state index contributed by atoms with van der Waals surface area (Å²) in [4.78, 5) is 19.8. The SMILES string of the molecule is COC(=O)/C=C\Sc1nc(O)c(C=NC(C)(C)C)s1. The fourth-order valence-corrected chi connectivity index (χ4v) is 2.53. The predicted molar refractivity (Wildman–Crippen MR) is 78.1 cm³/mol. The molecule has 0 amide bonds. The molecule has 0 radical (unpaired) electrons. The van der Waals surface area contributed by atoms with E-state index in [0.29, 0.717) is 9.22 Å². The molecule has 1 N–H and O–H groups in total. The number of carbonyl (C=O) groups excluding carboxylic acids is 1. The van der Waals surface area contributed by atoms with Crippen molar-refractivity contribution in [2.75, 3.05) is 7.11 Å². The van der Waals surface area contributed by atoms with Crippen molar-refractivity contribution >= 4 is 35.3 Å². The van der Waals surface area contributed by atoms with Crippen molar-refractivity contribution < 1.29 is 14.6 Å². The van der Waals surface area contributed by atoms with Crippen molar-refractivity contribution in [3.63, 3.8) is 0 Å². The van der Waals surface area contributed by atoms with Gasteiger partial charge in [-0.15, -0.1) is 11.3 Å². The van der Waals surface area contributed by atoms with E-state index in [2.05, 4.69) is 14.7 Å². The van der Waals surface area contributed by atoms with Gasteiger partial charge in [-0.05, 0) is 26.2 Å². The molecule has 1 aromatic rings. The molecule has 104 valence electrons. The first-order valence-electron chi connectivity index (χ1n) is 5.48. The maximum atomic E-state index is 10.9. The van der Waals surface area contributed by atoms with Crippen LogP contribution in [0.3, 0.4) is 0 Å². The number of aliphatic imine (C=N–C) groups is 1. The second-order valence-corrected chi connectivity index (χ2v) is 6.72. The second-order valence-electron chi connectivity index (χ2n) is 4.54. The molecule has 19 heavy (non-hydrogen) atoms. The van der Waals surface area contributed by atoms with Crippen molar-refractivity contribution in [2.24, 2.45) is 4.99 Å². The molecule has 1 heterocycles. The topological polar surface area (TPSA) is 71.8 Å². The van der Waals surface area contributed by atoms with Crippen LogP contribution in [0.15, 0.2) is 20.8 Å². The highest BCUT2D eigenvalue weighted by Crippen LogP contribution is 2.30. The van der Waals surface area contributed by atoms with Crippen LogP contribution in [0.5, 0.6) is 5.88 Å². The van der Waals surface area contributed by atoms with Gasteiger partial charge in [-0.1, -0.05) is 11.8 Å². The average molecular weight is 300 g/mol. The third-order valence-electron chi connectivity index (χ3n) is 1.76. The van der Waals surface area contributed by atoms with Gasteiger partial charge in [0.15, 0.2) is 4.34 Å². The molecule has 0 saturated heterocycles. The standard InChI is InChI=1S/C12H16N2O3S2/c1-12(2,3)13-7-8-10(16)14-11(19-8)18-6-5-9(15)17-4/h5-7,16H,1-4H3/b6-5-,13-7?. The number of thiazole rings is 1. The van der Waals surface area contributed by atoms with Crippen LogP contribution in [0.25, 0.3) is 0 Å². The van der Waals surface area contributed by atoms with Crippen LogP contribution in [-0.2, 0) is 9.53 Å². The Morgan fingerprint density at radius 2 is 2.21 bits per heavy atom. The summed E-state index contributed by atoms with van der Waals surface area (Å²) in [6.07, 6.45) is 2.91. The Morgan fingerprint density at radius 1 is 1.53 bits per heavy atom. The van der Waals surface area contributed by atoms with E-state index in [4.69, 9.17) is 0 Å². The zero-order valence-electron chi connectivity index (χ0n) is 11.2. The number of esters is 1. The Bertz CT molecular complexity index is 502. The number of thioether (sulfide) groups is 1. The van der Waals surface area contributed by atoms with E-state index < -0.39 is 5.97 Å². The number of aromatic nitrogens is 1. The number of ether oxygens (including phenoxy) is 1. The molecular formula is C12H16N2O3S2. The minimum atomic E-state index is -0.428. The minimum Gasteiger partial charge on any atom is -0.492 e. The van der Waals surface area contributed by atoms with E-state index in [1.54, 1.807) is 11.6 Å². The molecule has 5 nitrogen and oxygen atoms in total. The van der Waals surface area contributed by atoms with Gasteiger partial charge in [0.2, 0.25) is 5.88 Å². The molecule has 0 bridgehead atoms. The van der Waals surface area contributed by atoms with Crippen molar-refractivity contribution in [3.8, 4) is 5.88 Å². The lowest BCUT2D eigenvalue weighted by Crippen LogP contribution is -2.09. The maximum Gasteiger partial charge on any atom is 0.330 e. The maximum absolute atomic E-state index is 10.9. The van der Waals surface area contributed by atoms with Crippen molar-refractivity contribution in [2.45, 2.75) is 30.6 Å². The number of aromatic hydroxyl groups is 1. The Labute approximate surface area is 120 Å². The van der Waals surface area contributed by atoms with Gasteiger partial charge in [-0.2, -0.15) is 4.98 Å². The number of hydrogen-bond donors (Lipinski definition) is 1. The van der Waals surface area contributed by atoms with Gasteiger partial charge >= 0.3 is 5.97 Å². The van der Waals surface area contributed by atoms with Crippen molar-refractivity contribution in [3.05, 3.63) is 16.4 Å². The van der Waals surface area contributed by atoms with Gasteiger partial charge in [0.1, 0.15) is 4.88 Å². The molecule has 0 spiro atoms. The monoisotopic (exact) mass is 300 g/mol. The number of nitrogens with zero attached hydrogens (tertiary/aromatic N) is 2. The van der Waals surface area contributed by atoms with Crippen LogP contribution in [0, 0.1) is 0 Å². The Balaban J connectivity index is 2.72. The fourth-order valence-electron chi connectivity index (χ4n) is 0.907. The van der Waals surface area contributed by atoms with Crippen LogP contribution in [0.4, 0.5) is 0 Å². The zero-order chi connectivity index (χ0) is 14.5. The molecule has 0 aliphatic rings. The lowest BCUT2D eigenvalue weighted by molar-refractivity contribution is -0.134. The molecule has 7 heteroatoms. The largest absolute Gasteiger partial charge is 0.492 e. The van der Waals surface area contributed by atoms with Crippen molar-refractivity contribution in [1.29, 1.82) is 0 Å². The molecule has 0 aliphatic carbocycles. The molecule has 0 aliphatic heterocycles. The third-order valence-corrected chi connectivity index (χ3v) is 3.64. The van der Waals surface area contributed by atoms with E-state index >= 15 is 0 Å². The lowest BCUT2D eigenvalue weighted by atomic mass is 10.1. The molecule has 0 atom stereocenters. The Hall–Kier alpha value is -1.34. The summed E-state index contributed by atoms with van der Waals surface area (Å²) in [7, 11) is 1.31. The Morgan fingerprint density at radius 3 is 2.79 bits per heavy atom. The summed E-state index contributed by atoms with van der Waals surface area (Å²) >= 11 is 2.55.